The van der Waals surface area contributed by atoms with Gasteiger partial charge in [-0.2, -0.15) is 23.5 Å². The fraction of sp³-hybridized carbons (Fsp3) is 0.152. The van der Waals surface area contributed by atoms with Crippen molar-refractivity contribution in [3.63, 3.8) is 0 Å². The zero-order valence-electron chi connectivity index (χ0n) is 23.9. The average molecular weight is 615 g/mol. The van der Waals surface area contributed by atoms with Gasteiger partial charge >= 0.3 is 12.1 Å². The average Bonchev–Trinajstić information content (AvgIpc) is 3.51. The molecule has 0 bridgehead atoms. The maximum Gasteiger partial charge on any atom is 0.434 e. The van der Waals surface area contributed by atoms with E-state index in [9.17, 15) is 23.1 Å². The van der Waals surface area contributed by atoms with Gasteiger partial charge in [-0.15, -0.1) is 0 Å². The molecule has 1 unspecified atom stereocenters. The first-order valence-electron chi connectivity index (χ1n) is 13.5. The summed E-state index contributed by atoms with van der Waals surface area (Å²) in [5, 5.41) is 22.0. The summed E-state index contributed by atoms with van der Waals surface area (Å²) >= 11 is 0. The minimum atomic E-state index is -4.99. The first-order valence-corrected chi connectivity index (χ1v) is 13.5. The van der Waals surface area contributed by atoms with Gasteiger partial charge in [0.1, 0.15) is 23.7 Å². The summed E-state index contributed by atoms with van der Waals surface area (Å²) in [6.45, 7) is 1.81. The molecule has 5 rings (SSSR count). The molecule has 0 fully saturated rings. The van der Waals surface area contributed by atoms with Gasteiger partial charge in [-0.3, -0.25) is 0 Å². The van der Waals surface area contributed by atoms with Crippen LogP contribution in [0.1, 0.15) is 34.1 Å². The number of rotatable bonds is 10. The number of carboxylic acid groups (broad SMARTS) is 1. The Balaban J connectivity index is 1.46. The molecule has 0 aliphatic carbocycles. The lowest BCUT2D eigenvalue weighted by molar-refractivity contribution is -0.143. The molecule has 0 saturated carbocycles. The Hall–Kier alpha value is -5.67. The van der Waals surface area contributed by atoms with Crippen LogP contribution < -0.4 is 9.47 Å². The summed E-state index contributed by atoms with van der Waals surface area (Å²) in [5.41, 5.74) is 1.32. The molecule has 0 aliphatic rings. The Morgan fingerprint density at radius 2 is 1.73 bits per heavy atom. The minimum Gasteiger partial charge on any atom is -0.488 e. The predicted octanol–water partition coefficient (Wildman–Crippen LogP) is 7.14. The SMILES string of the molecule is COC(C)Oc1cc(-c2ccc(C#N)cc2)ccc1COc1ccccc1-c1cccc(-n2ncc(C(=O)O)c2C(F)(F)F)n1. The molecule has 3 aromatic carbocycles. The van der Waals surface area contributed by atoms with Crippen molar-refractivity contribution < 1.29 is 37.3 Å². The van der Waals surface area contributed by atoms with E-state index < -0.39 is 29.7 Å². The molecule has 0 saturated heterocycles. The van der Waals surface area contributed by atoms with E-state index in [0.717, 1.165) is 11.1 Å². The largest absolute Gasteiger partial charge is 0.488 e. The molecule has 1 atom stereocenters. The number of hydrogen-bond donors (Lipinski definition) is 1. The summed E-state index contributed by atoms with van der Waals surface area (Å²) in [5.74, 6) is -1.07. The third-order valence-corrected chi connectivity index (χ3v) is 6.81. The topological polar surface area (TPSA) is 119 Å². The number of alkyl halides is 3. The summed E-state index contributed by atoms with van der Waals surface area (Å²) in [4.78, 5) is 15.8. The van der Waals surface area contributed by atoms with E-state index in [1.54, 1.807) is 49.4 Å². The number of nitriles is 1. The molecule has 228 valence electrons. The zero-order chi connectivity index (χ0) is 32.1. The number of pyridine rings is 1. The summed E-state index contributed by atoms with van der Waals surface area (Å²) in [7, 11) is 1.52. The van der Waals surface area contributed by atoms with Crippen LogP contribution in [0.2, 0.25) is 0 Å². The third kappa shape index (κ3) is 6.79. The molecule has 0 radical (unpaired) electrons. The van der Waals surface area contributed by atoms with Gasteiger partial charge in [0.15, 0.2) is 17.8 Å². The Kier molecular flexibility index (Phi) is 8.83. The van der Waals surface area contributed by atoms with Crippen molar-refractivity contribution in [2.45, 2.75) is 26.0 Å². The fourth-order valence-corrected chi connectivity index (χ4v) is 4.53. The van der Waals surface area contributed by atoms with Gasteiger partial charge in [0.05, 0.1) is 23.5 Å². The number of nitrogens with zero attached hydrogens (tertiary/aromatic N) is 4. The molecule has 2 aromatic heterocycles. The van der Waals surface area contributed by atoms with Crippen molar-refractivity contribution >= 4 is 5.97 Å². The second-order valence-corrected chi connectivity index (χ2v) is 9.72. The van der Waals surface area contributed by atoms with Crippen LogP contribution >= 0.6 is 0 Å². The fourth-order valence-electron chi connectivity index (χ4n) is 4.53. The Morgan fingerprint density at radius 3 is 2.42 bits per heavy atom. The van der Waals surface area contributed by atoms with Crippen molar-refractivity contribution in [3.05, 3.63) is 114 Å². The van der Waals surface area contributed by atoms with Crippen LogP contribution in [0.4, 0.5) is 13.2 Å². The van der Waals surface area contributed by atoms with Gasteiger partial charge < -0.3 is 19.3 Å². The zero-order valence-corrected chi connectivity index (χ0v) is 23.9. The minimum absolute atomic E-state index is 0.0650. The van der Waals surface area contributed by atoms with Crippen LogP contribution in [-0.2, 0) is 17.5 Å². The number of benzene rings is 3. The van der Waals surface area contributed by atoms with Crippen molar-refractivity contribution in [1.29, 1.82) is 5.26 Å². The van der Waals surface area contributed by atoms with Crippen molar-refractivity contribution in [2.24, 2.45) is 0 Å². The lowest BCUT2D eigenvalue weighted by Gasteiger charge is -2.18. The number of ether oxygens (including phenoxy) is 3. The van der Waals surface area contributed by atoms with E-state index in [1.807, 2.05) is 30.3 Å². The van der Waals surface area contributed by atoms with E-state index in [4.69, 9.17) is 19.5 Å². The van der Waals surface area contributed by atoms with Gasteiger partial charge in [0.2, 0.25) is 0 Å². The monoisotopic (exact) mass is 614 g/mol. The van der Waals surface area contributed by atoms with E-state index in [0.29, 0.717) is 39.1 Å². The van der Waals surface area contributed by atoms with Crippen LogP contribution in [0.15, 0.2) is 91.1 Å². The highest BCUT2D eigenvalue weighted by atomic mass is 19.4. The molecule has 0 amide bonds. The van der Waals surface area contributed by atoms with Gasteiger partial charge in [-0.25, -0.2) is 14.5 Å². The molecule has 0 spiro atoms. The predicted molar refractivity (Wildman–Crippen MR) is 157 cm³/mol. The van der Waals surface area contributed by atoms with Crippen molar-refractivity contribution in [1.82, 2.24) is 14.8 Å². The number of halogens is 3. The van der Waals surface area contributed by atoms with Crippen LogP contribution in [0.5, 0.6) is 11.5 Å². The van der Waals surface area contributed by atoms with Crippen LogP contribution in [0, 0.1) is 11.3 Å². The number of hydrogen-bond acceptors (Lipinski definition) is 7. The van der Waals surface area contributed by atoms with E-state index >= 15 is 0 Å². The smallest absolute Gasteiger partial charge is 0.434 e. The summed E-state index contributed by atoms with van der Waals surface area (Å²) in [6, 6.07) is 26.1. The molecule has 0 aliphatic heterocycles. The number of aromatic nitrogens is 3. The number of para-hydroxylation sites is 1. The molecular weight excluding hydrogens is 589 g/mol. The molecule has 12 heteroatoms. The van der Waals surface area contributed by atoms with Crippen LogP contribution in [0.25, 0.3) is 28.2 Å². The molecule has 1 N–H and O–H groups in total. The van der Waals surface area contributed by atoms with E-state index in [2.05, 4.69) is 16.2 Å². The highest BCUT2D eigenvalue weighted by Crippen LogP contribution is 2.35. The van der Waals surface area contributed by atoms with Crippen LogP contribution in [-0.4, -0.2) is 39.2 Å². The number of carbonyl (C=O) groups is 1. The first kappa shape index (κ1) is 30.8. The molecule has 2 heterocycles. The maximum absolute atomic E-state index is 13.8. The highest BCUT2D eigenvalue weighted by molar-refractivity contribution is 5.89. The van der Waals surface area contributed by atoms with E-state index in [-0.39, 0.29) is 18.1 Å². The Bertz CT molecular complexity index is 1880. The Labute approximate surface area is 255 Å². The molecule has 45 heavy (non-hydrogen) atoms. The van der Waals surface area contributed by atoms with Gasteiger partial charge in [0, 0.05) is 18.2 Å². The third-order valence-electron chi connectivity index (χ3n) is 6.81. The van der Waals surface area contributed by atoms with Crippen molar-refractivity contribution in [3.8, 4) is 45.8 Å². The number of methoxy groups -OCH3 is 1. The normalized spacial score (nSPS) is 11.9. The number of aromatic carboxylic acids is 1. The summed E-state index contributed by atoms with van der Waals surface area (Å²) < 4.78 is 59.4. The van der Waals surface area contributed by atoms with Gasteiger partial charge in [-0.05, 0) is 60.5 Å². The lowest BCUT2D eigenvalue weighted by atomic mass is 10.0. The second kappa shape index (κ2) is 12.9. The van der Waals surface area contributed by atoms with Gasteiger partial charge in [-0.1, -0.05) is 42.5 Å². The maximum atomic E-state index is 13.8. The quantitative estimate of drug-likeness (QED) is 0.165. The molecular formula is C33H25F3N4O5. The molecule has 5 aromatic rings. The Morgan fingerprint density at radius 1 is 1.00 bits per heavy atom. The number of carboxylic acids is 1. The van der Waals surface area contributed by atoms with E-state index in [1.165, 1.54) is 19.2 Å². The second-order valence-electron chi connectivity index (χ2n) is 9.72. The first-order chi connectivity index (χ1) is 21.6. The standard InChI is InChI=1S/C33H25F3N4O5/c1-20(43-2)45-29-16-23(22-12-10-21(17-37)11-13-22)14-15-24(29)19-44-28-8-4-3-6-25(28)27-7-5-9-30(39-27)40-31(33(34,35)36)26(18-38-40)32(41)42/h3-16,18,20H,19H2,1-2H3,(H,41,42). The lowest BCUT2D eigenvalue weighted by Crippen LogP contribution is -2.18. The van der Waals surface area contributed by atoms with Crippen LogP contribution in [0.3, 0.4) is 0 Å². The molecule has 9 nitrogen and oxygen atoms in total. The highest BCUT2D eigenvalue weighted by Gasteiger charge is 2.41. The van der Waals surface area contributed by atoms with Gasteiger partial charge in [0.25, 0.3) is 0 Å². The summed E-state index contributed by atoms with van der Waals surface area (Å²) in [6.07, 6.45) is -4.91. The van der Waals surface area contributed by atoms with Crippen molar-refractivity contribution in [2.75, 3.05) is 7.11 Å².